The first-order chi connectivity index (χ1) is 16.2. The van der Waals surface area contributed by atoms with Crippen molar-refractivity contribution in [1.29, 1.82) is 0 Å². The maximum Gasteiger partial charge on any atom is 0.300 e. The third-order valence-electron chi connectivity index (χ3n) is 7.14. The Hall–Kier alpha value is -3.21. The topological polar surface area (TPSA) is 72.3 Å². The van der Waals surface area contributed by atoms with Crippen LogP contribution in [0.3, 0.4) is 0 Å². The Kier molecular flexibility index (Phi) is 6.48. The van der Waals surface area contributed by atoms with Crippen molar-refractivity contribution < 1.29 is 14.6 Å². The molecule has 0 bridgehead atoms. The smallest absolute Gasteiger partial charge is 0.300 e. The van der Waals surface area contributed by atoms with Crippen LogP contribution >= 0.6 is 0 Å². The van der Waals surface area contributed by atoms with Gasteiger partial charge in [0.05, 0.1) is 22.4 Å². The Balaban J connectivity index is 0.000000636. The number of hydrogen-bond acceptors (Lipinski definition) is 4. The molecule has 2 aliphatic rings. The summed E-state index contributed by atoms with van der Waals surface area (Å²) in [5.74, 6) is 1.83. The van der Waals surface area contributed by atoms with Gasteiger partial charge in [0.2, 0.25) is 0 Å². The normalized spacial score (nSPS) is 22.9. The minimum Gasteiger partial charge on any atom is -0.487 e. The fourth-order valence-electron chi connectivity index (χ4n) is 5.73. The number of carboxylic acids is 1. The highest BCUT2D eigenvalue weighted by atomic mass is 16.5. The monoisotopic (exact) mass is 458 g/mol. The minimum atomic E-state index is -0.833. The van der Waals surface area contributed by atoms with Crippen LogP contribution in [0.5, 0.6) is 5.75 Å². The lowest BCUT2D eigenvalue weighted by molar-refractivity contribution is -0.134. The van der Waals surface area contributed by atoms with Crippen LogP contribution in [0.4, 0.5) is 0 Å². The minimum absolute atomic E-state index is 0.187. The lowest BCUT2D eigenvalue weighted by Gasteiger charge is -2.49. The van der Waals surface area contributed by atoms with E-state index in [1.165, 1.54) is 24.8 Å². The molecular weight excluding hydrogens is 424 g/mol. The van der Waals surface area contributed by atoms with E-state index in [9.17, 15) is 0 Å². The molecule has 0 spiro atoms. The van der Waals surface area contributed by atoms with Gasteiger partial charge in [0.15, 0.2) is 0 Å². The molecule has 2 heterocycles. The highest BCUT2D eigenvalue weighted by molar-refractivity contribution is 6.10. The molecule has 5 rings (SSSR count). The summed E-state index contributed by atoms with van der Waals surface area (Å²) in [6.45, 7) is 14.0. The molecule has 1 aliphatic carbocycles. The van der Waals surface area contributed by atoms with Gasteiger partial charge in [-0.05, 0) is 57.6 Å². The first-order valence-electron chi connectivity index (χ1n) is 12.1. The molecule has 1 aromatic heterocycles. The van der Waals surface area contributed by atoms with Crippen LogP contribution in [-0.2, 0) is 4.79 Å². The predicted molar refractivity (Wildman–Crippen MR) is 139 cm³/mol. The first kappa shape index (κ1) is 23.9. The van der Waals surface area contributed by atoms with E-state index in [0.29, 0.717) is 17.8 Å². The van der Waals surface area contributed by atoms with Crippen molar-refractivity contribution >= 4 is 39.9 Å². The molecule has 34 heavy (non-hydrogen) atoms. The molecule has 2 unspecified atom stereocenters. The highest BCUT2D eigenvalue weighted by Crippen LogP contribution is 2.56. The van der Waals surface area contributed by atoms with E-state index in [0.717, 1.165) is 45.9 Å². The number of aromatic nitrogens is 2. The standard InChI is InChI=1S/C27H30N2O.C2H4O2/c1-6-10-22-21(7-2)28-25-23-19-15-16(3)13-14-20(19)27(4,5)30-26(23)18-12-9-8-11-17(18)24(25)29-22;1-2(3)4/h6-12,16,19-20H,2,13-15H2,1,3-5H3;1H3,(H,3,4)/b10-6-;/t16?,19-,20?;/m0./s1. The Morgan fingerprint density at radius 2 is 1.79 bits per heavy atom. The van der Waals surface area contributed by atoms with Crippen LogP contribution in [0.2, 0.25) is 0 Å². The van der Waals surface area contributed by atoms with Gasteiger partial charge in [-0.2, -0.15) is 0 Å². The average molecular weight is 459 g/mol. The molecule has 3 atom stereocenters. The summed E-state index contributed by atoms with van der Waals surface area (Å²) in [7, 11) is 0. The molecule has 0 saturated heterocycles. The van der Waals surface area contributed by atoms with Gasteiger partial charge in [-0.1, -0.05) is 50.3 Å². The van der Waals surface area contributed by atoms with Crippen molar-refractivity contribution in [3.05, 3.63) is 53.9 Å². The number of ether oxygens (including phenoxy) is 1. The van der Waals surface area contributed by atoms with Gasteiger partial charge in [-0.15, -0.1) is 0 Å². The predicted octanol–water partition coefficient (Wildman–Crippen LogP) is 7.24. The Bertz CT molecular complexity index is 1290. The number of rotatable bonds is 2. The second kappa shape index (κ2) is 9.21. The number of aliphatic carboxylic acids is 1. The molecular formula is C29H34N2O3. The van der Waals surface area contributed by atoms with Gasteiger partial charge in [-0.3, -0.25) is 4.79 Å². The van der Waals surface area contributed by atoms with E-state index in [1.807, 2.05) is 25.2 Å². The Labute approximate surface area is 201 Å². The van der Waals surface area contributed by atoms with E-state index >= 15 is 0 Å². The average Bonchev–Trinajstić information content (AvgIpc) is 2.78. The van der Waals surface area contributed by atoms with E-state index < -0.39 is 5.97 Å². The Morgan fingerprint density at radius 1 is 1.15 bits per heavy atom. The zero-order valence-corrected chi connectivity index (χ0v) is 20.8. The van der Waals surface area contributed by atoms with Crippen molar-refractivity contribution in [3.63, 3.8) is 0 Å². The van der Waals surface area contributed by atoms with Crippen molar-refractivity contribution in [2.24, 2.45) is 11.8 Å². The first-order valence-corrected chi connectivity index (χ1v) is 12.1. The van der Waals surface area contributed by atoms with Crippen molar-refractivity contribution in [2.45, 2.75) is 65.4 Å². The fourth-order valence-corrected chi connectivity index (χ4v) is 5.73. The van der Waals surface area contributed by atoms with Gasteiger partial charge >= 0.3 is 0 Å². The maximum absolute atomic E-state index is 9.00. The second-order valence-electron chi connectivity index (χ2n) is 10.0. The van der Waals surface area contributed by atoms with Gasteiger partial charge in [-0.25, -0.2) is 9.97 Å². The summed E-state index contributed by atoms with van der Waals surface area (Å²) >= 11 is 0. The molecule has 1 saturated carbocycles. The van der Waals surface area contributed by atoms with E-state index in [-0.39, 0.29) is 5.60 Å². The van der Waals surface area contributed by atoms with Gasteiger partial charge in [0.1, 0.15) is 11.4 Å². The van der Waals surface area contributed by atoms with Crippen LogP contribution in [0.15, 0.2) is 36.9 Å². The van der Waals surface area contributed by atoms with Gasteiger partial charge < -0.3 is 9.84 Å². The highest BCUT2D eigenvalue weighted by Gasteiger charge is 2.47. The molecule has 0 radical (unpaired) electrons. The van der Waals surface area contributed by atoms with Crippen LogP contribution in [0.1, 0.15) is 76.8 Å². The molecule has 2 aromatic carbocycles. The summed E-state index contributed by atoms with van der Waals surface area (Å²) < 4.78 is 6.79. The van der Waals surface area contributed by atoms with Crippen LogP contribution in [0, 0.1) is 11.8 Å². The zero-order chi connectivity index (χ0) is 24.6. The lowest BCUT2D eigenvalue weighted by atomic mass is 9.64. The molecule has 1 N–H and O–H groups in total. The van der Waals surface area contributed by atoms with E-state index in [4.69, 9.17) is 24.6 Å². The van der Waals surface area contributed by atoms with Crippen molar-refractivity contribution in [2.75, 3.05) is 0 Å². The van der Waals surface area contributed by atoms with E-state index in [1.54, 1.807) is 0 Å². The van der Waals surface area contributed by atoms with E-state index in [2.05, 4.69) is 51.6 Å². The molecule has 178 valence electrons. The molecule has 5 heteroatoms. The molecule has 0 amide bonds. The summed E-state index contributed by atoms with van der Waals surface area (Å²) in [4.78, 5) is 19.2. The number of carboxylic acid groups (broad SMARTS) is 1. The molecule has 1 fully saturated rings. The number of allylic oxidation sites excluding steroid dienone is 1. The Morgan fingerprint density at radius 3 is 2.44 bits per heavy atom. The van der Waals surface area contributed by atoms with Crippen molar-refractivity contribution in [1.82, 2.24) is 9.97 Å². The number of carbonyl (C=O) groups is 1. The number of benzene rings is 2. The SMILES string of the molecule is C=Cc1nc2c3c(c4ccccc4c2nc1/C=C\C)OC(C)(C)C1CCC(C)C[C@H]31.CC(=O)O. The second-order valence-corrected chi connectivity index (χ2v) is 10.0. The third-order valence-corrected chi connectivity index (χ3v) is 7.14. The van der Waals surface area contributed by atoms with Crippen LogP contribution < -0.4 is 4.74 Å². The van der Waals surface area contributed by atoms with Crippen molar-refractivity contribution in [3.8, 4) is 5.75 Å². The quantitative estimate of drug-likeness (QED) is 0.410. The molecule has 1 aliphatic heterocycles. The lowest BCUT2D eigenvalue weighted by Crippen LogP contribution is -2.46. The summed E-state index contributed by atoms with van der Waals surface area (Å²) in [5, 5.41) is 9.68. The molecule has 3 aromatic rings. The third kappa shape index (κ3) is 4.20. The number of nitrogens with zero attached hydrogens (tertiary/aromatic N) is 2. The van der Waals surface area contributed by atoms with Gasteiger partial charge in [0.25, 0.3) is 5.97 Å². The van der Waals surface area contributed by atoms with Crippen LogP contribution in [0.25, 0.3) is 34.0 Å². The number of hydrogen-bond donors (Lipinski definition) is 1. The summed E-state index contributed by atoms with van der Waals surface area (Å²) in [6, 6.07) is 8.49. The largest absolute Gasteiger partial charge is 0.487 e. The zero-order valence-electron chi connectivity index (χ0n) is 20.8. The number of fused-ring (bicyclic) bond motifs is 8. The summed E-state index contributed by atoms with van der Waals surface area (Å²) in [6.07, 6.45) is 9.49. The maximum atomic E-state index is 9.00. The molecule has 5 nitrogen and oxygen atoms in total. The van der Waals surface area contributed by atoms with Crippen LogP contribution in [-0.4, -0.2) is 26.6 Å². The van der Waals surface area contributed by atoms with Gasteiger partial charge in [0, 0.05) is 29.2 Å². The summed E-state index contributed by atoms with van der Waals surface area (Å²) in [5.41, 5.74) is 4.75. The fraction of sp³-hybridized carbons (Fsp3) is 0.414.